The Morgan fingerprint density at radius 3 is 2.83 bits per heavy atom. The van der Waals surface area contributed by atoms with Crippen molar-refractivity contribution in [3.63, 3.8) is 0 Å². The van der Waals surface area contributed by atoms with E-state index in [-0.39, 0.29) is 5.75 Å². The van der Waals surface area contributed by atoms with Crippen LogP contribution in [0, 0.1) is 12.7 Å². The van der Waals surface area contributed by atoms with Crippen LogP contribution >= 0.6 is 0 Å². The molecule has 1 aromatic carbocycles. The third kappa shape index (κ3) is 2.19. The highest BCUT2D eigenvalue weighted by Crippen LogP contribution is 2.31. The summed E-state index contributed by atoms with van der Waals surface area (Å²) in [5.74, 6) is 0.528. The Hall–Kier alpha value is -3.02. The minimum atomic E-state index is -0.419. The van der Waals surface area contributed by atoms with E-state index in [1.54, 1.807) is 18.5 Å². The highest BCUT2D eigenvalue weighted by molar-refractivity contribution is 6.14. The van der Waals surface area contributed by atoms with Crippen LogP contribution in [0.1, 0.15) is 22.8 Å². The van der Waals surface area contributed by atoms with Crippen LogP contribution in [0.3, 0.4) is 0 Å². The minimum Gasteiger partial charge on any atom is -0.494 e. The van der Waals surface area contributed by atoms with Gasteiger partial charge in [-0.1, -0.05) is 6.07 Å². The molecule has 0 atom stereocenters. The van der Waals surface area contributed by atoms with Gasteiger partial charge in [0.2, 0.25) is 0 Å². The Bertz CT molecular complexity index is 947. The lowest BCUT2D eigenvalue weighted by molar-refractivity contribution is 0.386. The molecule has 0 radical (unpaired) electrons. The number of aromatic nitrogens is 3. The van der Waals surface area contributed by atoms with Crippen molar-refractivity contribution in [2.45, 2.75) is 13.5 Å². The molecule has 0 spiro atoms. The van der Waals surface area contributed by atoms with Crippen molar-refractivity contribution >= 4 is 5.71 Å². The third-order valence-electron chi connectivity index (χ3n) is 4.06. The molecule has 5 nitrogen and oxygen atoms in total. The number of hydrogen-bond acceptors (Lipinski definition) is 4. The number of halogens is 1. The molecule has 0 amide bonds. The number of rotatable bonds is 2. The molecule has 4 rings (SSSR count). The average molecular weight is 322 g/mol. The molecule has 6 heteroatoms. The number of nitrogens with zero attached hydrogens (tertiary/aromatic N) is 4. The van der Waals surface area contributed by atoms with Crippen molar-refractivity contribution in [1.29, 1.82) is 0 Å². The summed E-state index contributed by atoms with van der Waals surface area (Å²) < 4.78 is 21.4. The molecule has 0 fully saturated rings. The van der Waals surface area contributed by atoms with Crippen LogP contribution in [0.4, 0.5) is 4.39 Å². The molecule has 3 aromatic rings. The molecule has 0 bridgehead atoms. The van der Waals surface area contributed by atoms with Crippen molar-refractivity contribution in [3.05, 3.63) is 71.3 Å². The van der Waals surface area contributed by atoms with Gasteiger partial charge in [-0.3, -0.25) is 14.5 Å². The van der Waals surface area contributed by atoms with E-state index < -0.39 is 5.82 Å². The van der Waals surface area contributed by atoms with E-state index in [0.29, 0.717) is 17.9 Å². The summed E-state index contributed by atoms with van der Waals surface area (Å²) in [5.41, 5.74) is 3.82. The number of fused-ring (bicyclic) bond motifs is 3. The number of hydrogen-bond donors (Lipinski definition) is 0. The molecular weight excluding hydrogens is 307 g/mol. The number of aryl methyl sites for hydroxylation is 1. The molecule has 24 heavy (non-hydrogen) atoms. The van der Waals surface area contributed by atoms with Crippen LogP contribution in [0.2, 0.25) is 0 Å². The second kappa shape index (κ2) is 5.56. The molecule has 1 aliphatic heterocycles. The first-order valence-corrected chi connectivity index (χ1v) is 7.56. The predicted octanol–water partition coefficient (Wildman–Crippen LogP) is 3.07. The Balaban J connectivity index is 2.03. The number of benzene rings is 1. The third-order valence-corrected chi connectivity index (χ3v) is 4.06. The van der Waals surface area contributed by atoms with Crippen molar-refractivity contribution in [2.24, 2.45) is 4.99 Å². The van der Waals surface area contributed by atoms with Gasteiger partial charge >= 0.3 is 0 Å². The summed E-state index contributed by atoms with van der Waals surface area (Å²) in [4.78, 5) is 13.5. The summed E-state index contributed by atoms with van der Waals surface area (Å²) >= 11 is 0. The Kier molecular flexibility index (Phi) is 3.37. The van der Waals surface area contributed by atoms with E-state index in [0.717, 1.165) is 22.8 Å². The summed E-state index contributed by atoms with van der Waals surface area (Å²) in [7, 11) is 1.45. The number of methoxy groups -OCH3 is 1. The summed E-state index contributed by atoms with van der Waals surface area (Å²) in [6, 6.07) is 8.78. The Morgan fingerprint density at radius 1 is 1.21 bits per heavy atom. The maximum absolute atomic E-state index is 14.4. The van der Waals surface area contributed by atoms with Crippen molar-refractivity contribution in [1.82, 2.24) is 14.5 Å². The zero-order valence-corrected chi connectivity index (χ0v) is 13.3. The fourth-order valence-electron chi connectivity index (χ4n) is 2.96. The highest BCUT2D eigenvalue weighted by Gasteiger charge is 2.23. The second-order valence-electron chi connectivity index (χ2n) is 5.53. The summed E-state index contributed by atoms with van der Waals surface area (Å²) in [5, 5.41) is 0. The zero-order valence-electron chi connectivity index (χ0n) is 13.3. The van der Waals surface area contributed by atoms with Crippen LogP contribution in [0.5, 0.6) is 5.75 Å². The van der Waals surface area contributed by atoms with Crippen molar-refractivity contribution < 1.29 is 9.13 Å². The summed E-state index contributed by atoms with van der Waals surface area (Å²) in [6.07, 6.45) is 3.48. The first-order valence-electron chi connectivity index (χ1n) is 7.56. The van der Waals surface area contributed by atoms with Crippen LogP contribution in [-0.2, 0) is 6.54 Å². The predicted molar refractivity (Wildman–Crippen MR) is 88.4 cm³/mol. The van der Waals surface area contributed by atoms with E-state index in [1.807, 2.05) is 29.7 Å². The second-order valence-corrected chi connectivity index (χ2v) is 5.53. The number of aliphatic imine (C=N–C) groups is 1. The minimum absolute atomic E-state index is 0.179. The van der Waals surface area contributed by atoms with Gasteiger partial charge in [-0.05, 0) is 25.1 Å². The smallest absolute Gasteiger partial charge is 0.167 e. The van der Waals surface area contributed by atoms with E-state index in [1.165, 1.54) is 13.2 Å². The van der Waals surface area contributed by atoms with Gasteiger partial charge in [-0.15, -0.1) is 0 Å². The molecule has 3 heterocycles. The molecule has 120 valence electrons. The highest BCUT2D eigenvalue weighted by atomic mass is 19.1. The lowest BCUT2D eigenvalue weighted by Crippen LogP contribution is -2.10. The van der Waals surface area contributed by atoms with Crippen LogP contribution in [0.15, 0.2) is 47.7 Å². The van der Waals surface area contributed by atoms with E-state index in [4.69, 9.17) is 4.74 Å². The van der Waals surface area contributed by atoms with E-state index in [9.17, 15) is 4.39 Å². The van der Waals surface area contributed by atoms with Crippen molar-refractivity contribution in [3.8, 4) is 11.4 Å². The number of pyridine rings is 1. The number of ether oxygens (including phenoxy) is 1. The zero-order chi connectivity index (χ0) is 16.7. The molecule has 2 aromatic heterocycles. The molecule has 0 unspecified atom stereocenters. The molecular formula is C18H15FN4O. The molecule has 0 saturated heterocycles. The van der Waals surface area contributed by atoms with Crippen LogP contribution < -0.4 is 4.74 Å². The Labute approximate surface area is 138 Å². The standard InChI is InChI=1S/C18H15FN4O/c1-11-9-21-17-10-22-18(14-5-3-4-6-20-14)12-7-16(24-2)13(19)8-15(12)23(11)17/h3-9H,10H2,1-2H3. The SMILES string of the molecule is COc1cc2c(cc1F)-n1c(C)cnc1CN=C2c1ccccn1. The van der Waals surface area contributed by atoms with Gasteiger partial charge in [0.25, 0.3) is 0 Å². The van der Waals surface area contributed by atoms with Gasteiger partial charge < -0.3 is 4.74 Å². The topological polar surface area (TPSA) is 52.3 Å². The molecule has 0 aliphatic carbocycles. The van der Waals surface area contributed by atoms with Gasteiger partial charge in [0, 0.05) is 29.7 Å². The first kappa shape index (κ1) is 14.6. The fraction of sp³-hybridized carbons (Fsp3) is 0.167. The number of imidazole rings is 1. The van der Waals surface area contributed by atoms with E-state index >= 15 is 0 Å². The lowest BCUT2D eigenvalue weighted by atomic mass is 10.0. The maximum atomic E-state index is 14.4. The van der Waals surface area contributed by atoms with Gasteiger partial charge in [0.05, 0.1) is 30.7 Å². The van der Waals surface area contributed by atoms with Crippen LogP contribution in [-0.4, -0.2) is 27.4 Å². The molecule has 0 saturated carbocycles. The van der Waals surface area contributed by atoms with Crippen molar-refractivity contribution in [2.75, 3.05) is 7.11 Å². The van der Waals surface area contributed by atoms with Crippen LogP contribution in [0.25, 0.3) is 5.69 Å². The fourth-order valence-corrected chi connectivity index (χ4v) is 2.96. The average Bonchev–Trinajstić information content (AvgIpc) is 2.89. The van der Waals surface area contributed by atoms with Gasteiger partial charge in [-0.2, -0.15) is 0 Å². The van der Waals surface area contributed by atoms with Gasteiger partial charge in [-0.25, -0.2) is 9.37 Å². The van der Waals surface area contributed by atoms with E-state index in [2.05, 4.69) is 15.0 Å². The normalized spacial score (nSPS) is 12.9. The van der Waals surface area contributed by atoms with Gasteiger partial charge in [0.1, 0.15) is 5.82 Å². The largest absolute Gasteiger partial charge is 0.494 e. The summed E-state index contributed by atoms with van der Waals surface area (Å²) in [6.45, 7) is 2.34. The maximum Gasteiger partial charge on any atom is 0.167 e. The van der Waals surface area contributed by atoms with Gasteiger partial charge in [0.15, 0.2) is 11.6 Å². The molecule has 0 N–H and O–H groups in total. The quantitative estimate of drug-likeness (QED) is 0.728. The molecule has 1 aliphatic rings. The first-order chi connectivity index (χ1) is 11.7. The lowest BCUT2D eigenvalue weighted by Gasteiger charge is -2.15. The Morgan fingerprint density at radius 2 is 2.08 bits per heavy atom. The monoisotopic (exact) mass is 322 g/mol.